The number of thiophene rings is 1. The molecule has 0 radical (unpaired) electrons. The van der Waals surface area contributed by atoms with Crippen LogP contribution in [0.3, 0.4) is 0 Å². The van der Waals surface area contributed by atoms with E-state index in [1.807, 2.05) is 28.1 Å². The van der Waals surface area contributed by atoms with Gasteiger partial charge in [-0.15, -0.1) is 11.3 Å². The predicted molar refractivity (Wildman–Crippen MR) is 83.0 cm³/mol. The second kappa shape index (κ2) is 4.93. The van der Waals surface area contributed by atoms with Gasteiger partial charge in [0.1, 0.15) is 6.07 Å². The van der Waals surface area contributed by atoms with E-state index in [0.29, 0.717) is 16.9 Å². The number of aromatic amines is 1. The fourth-order valence-corrected chi connectivity index (χ4v) is 3.74. The second-order valence-corrected chi connectivity index (χ2v) is 6.26. The lowest BCUT2D eigenvalue weighted by atomic mass is 10.2. The molecule has 6 heteroatoms. The molecule has 2 heterocycles. The molecular weight excluding hydrogens is 342 g/mol. The van der Waals surface area contributed by atoms with Crippen LogP contribution in [0.2, 0.25) is 0 Å². The van der Waals surface area contributed by atoms with Gasteiger partial charge in [-0.3, -0.25) is 0 Å². The molecule has 0 fully saturated rings. The van der Waals surface area contributed by atoms with Gasteiger partial charge in [-0.1, -0.05) is 6.07 Å². The van der Waals surface area contributed by atoms with Crippen LogP contribution in [-0.2, 0) is 6.54 Å². The summed E-state index contributed by atoms with van der Waals surface area (Å²) in [6.45, 7) is 0.700. The molecule has 3 rings (SSSR count). The minimum Gasteiger partial charge on any atom is -0.329 e. The molecule has 1 N–H and O–H groups in total. The van der Waals surface area contributed by atoms with Crippen LogP contribution < -0.4 is 0 Å². The highest BCUT2D eigenvalue weighted by Crippen LogP contribution is 2.26. The highest BCUT2D eigenvalue weighted by molar-refractivity contribution is 9.10. The number of hydrogen-bond acceptors (Lipinski definition) is 3. The summed E-state index contributed by atoms with van der Waals surface area (Å²) in [5.41, 5.74) is 2.39. The summed E-state index contributed by atoms with van der Waals surface area (Å²) in [7, 11) is 0. The van der Waals surface area contributed by atoms with Crippen LogP contribution in [0.4, 0.5) is 0 Å². The van der Waals surface area contributed by atoms with E-state index in [4.69, 9.17) is 17.5 Å². The third-order valence-electron chi connectivity index (χ3n) is 2.92. The maximum Gasteiger partial charge on any atom is 0.178 e. The third kappa shape index (κ3) is 2.14. The van der Waals surface area contributed by atoms with Gasteiger partial charge in [0.25, 0.3) is 0 Å². The molecule has 2 aromatic heterocycles. The average molecular weight is 350 g/mol. The lowest BCUT2D eigenvalue weighted by Gasteiger charge is -2.03. The van der Waals surface area contributed by atoms with E-state index in [0.717, 1.165) is 15.5 Å². The van der Waals surface area contributed by atoms with Crippen LogP contribution in [0, 0.1) is 16.1 Å². The second-order valence-electron chi connectivity index (χ2n) is 4.02. The maximum atomic E-state index is 9.12. The molecule has 3 aromatic rings. The lowest BCUT2D eigenvalue weighted by Crippen LogP contribution is -1.98. The summed E-state index contributed by atoms with van der Waals surface area (Å²) >= 11 is 10.6. The van der Waals surface area contributed by atoms with Crippen LogP contribution >= 0.6 is 39.5 Å². The summed E-state index contributed by atoms with van der Waals surface area (Å²) in [6.07, 6.45) is 0. The van der Waals surface area contributed by atoms with Gasteiger partial charge in [0.15, 0.2) is 4.77 Å². The molecule has 0 saturated carbocycles. The number of rotatable bonds is 2. The number of nitriles is 1. The van der Waals surface area contributed by atoms with E-state index in [2.05, 4.69) is 27.0 Å². The fraction of sp³-hybridized carbons (Fsp3) is 0.0769. The molecule has 94 valence electrons. The summed E-state index contributed by atoms with van der Waals surface area (Å²) < 4.78 is 3.74. The zero-order chi connectivity index (χ0) is 13.4. The number of nitrogens with zero attached hydrogens (tertiary/aromatic N) is 2. The smallest absolute Gasteiger partial charge is 0.178 e. The maximum absolute atomic E-state index is 9.12. The van der Waals surface area contributed by atoms with Gasteiger partial charge in [0.2, 0.25) is 0 Å². The number of hydrogen-bond donors (Lipinski definition) is 1. The fourth-order valence-electron chi connectivity index (χ4n) is 2.01. The first-order chi connectivity index (χ1) is 9.20. The van der Waals surface area contributed by atoms with Gasteiger partial charge in [-0.2, -0.15) is 5.26 Å². The number of benzene rings is 1. The Bertz CT molecular complexity index is 851. The predicted octanol–water partition coefficient (Wildman–Crippen LogP) is 4.44. The van der Waals surface area contributed by atoms with E-state index in [9.17, 15) is 0 Å². The zero-order valence-electron chi connectivity index (χ0n) is 9.68. The summed E-state index contributed by atoms with van der Waals surface area (Å²) in [6, 6.07) is 9.86. The van der Waals surface area contributed by atoms with Crippen molar-refractivity contribution < 1.29 is 0 Å². The molecule has 0 bridgehead atoms. The van der Waals surface area contributed by atoms with Gasteiger partial charge in [0, 0.05) is 9.35 Å². The Morgan fingerprint density at radius 2 is 2.26 bits per heavy atom. The van der Waals surface area contributed by atoms with Gasteiger partial charge in [-0.25, -0.2) is 0 Å². The van der Waals surface area contributed by atoms with Crippen molar-refractivity contribution in [2.45, 2.75) is 6.54 Å². The number of imidazole rings is 1. The number of halogens is 1. The molecule has 0 unspecified atom stereocenters. The normalized spacial score (nSPS) is 10.7. The molecule has 0 amide bonds. The highest BCUT2D eigenvalue weighted by Gasteiger charge is 2.10. The Labute approximate surface area is 127 Å². The van der Waals surface area contributed by atoms with Crippen LogP contribution in [0.5, 0.6) is 0 Å². The minimum atomic E-state index is 0.618. The van der Waals surface area contributed by atoms with E-state index >= 15 is 0 Å². The molecule has 0 aliphatic rings. The number of fused-ring (bicyclic) bond motifs is 1. The van der Waals surface area contributed by atoms with Crippen molar-refractivity contribution in [2.75, 3.05) is 0 Å². The quantitative estimate of drug-likeness (QED) is 0.695. The Morgan fingerprint density at radius 1 is 1.42 bits per heavy atom. The van der Waals surface area contributed by atoms with Crippen LogP contribution in [-0.4, -0.2) is 9.55 Å². The van der Waals surface area contributed by atoms with E-state index in [1.54, 1.807) is 17.4 Å². The van der Waals surface area contributed by atoms with Crippen molar-refractivity contribution >= 4 is 50.5 Å². The molecule has 3 nitrogen and oxygen atoms in total. The zero-order valence-corrected chi connectivity index (χ0v) is 12.9. The first-order valence-electron chi connectivity index (χ1n) is 5.54. The highest BCUT2D eigenvalue weighted by atomic mass is 79.9. The van der Waals surface area contributed by atoms with E-state index in [1.165, 1.54) is 4.88 Å². The Kier molecular flexibility index (Phi) is 3.27. The van der Waals surface area contributed by atoms with Crippen LogP contribution in [0.15, 0.2) is 34.1 Å². The molecule has 0 spiro atoms. The van der Waals surface area contributed by atoms with Gasteiger partial charge in [-0.05, 0) is 51.7 Å². The van der Waals surface area contributed by atoms with E-state index < -0.39 is 0 Å². The summed E-state index contributed by atoms with van der Waals surface area (Å²) in [5.74, 6) is 0. The number of nitrogens with one attached hydrogen (secondary N) is 1. The number of para-hydroxylation sites is 1. The average Bonchev–Trinajstić information content (AvgIpc) is 2.95. The Balaban J connectivity index is 2.20. The summed E-state index contributed by atoms with van der Waals surface area (Å²) in [5, 5.41) is 11.2. The van der Waals surface area contributed by atoms with E-state index in [-0.39, 0.29) is 0 Å². The van der Waals surface area contributed by atoms with Crippen molar-refractivity contribution in [3.63, 3.8) is 0 Å². The Hall–Kier alpha value is -1.42. The van der Waals surface area contributed by atoms with Gasteiger partial charge in [0.05, 0.1) is 23.1 Å². The molecule has 0 aliphatic heterocycles. The first-order valence-corrected chi connectivity index (χ1v) is 7.62. The largest absolute Gasteiger partial charge is 0.329 e. The molecule has 1 aromatic carbocycles. The third-order valence-corrected chi connectivity index (χ3v) is 5.16. The minimum absolute atomic E-state index is 0.618. The molecule has 0 atom stereocenters. The number of H-pyrrole nitrogens is 1. The van der Waals surface area contributed by atoms with Crippen LogP contribution in [0.1, 0.15) is 10.4 Å². The molecule has 0 saturated heterocycles. The van der Waals surface area contributed by atoms with Gasteiger partial charge < -0.3 is 9.55 Å². The lowest BCUT2D eigenvalue weighted by molar-refractivity contribution is 0.821. The summed E-state index contributed by atoms with van der Waals surface area (Å²) in [4.78, 5) is 4.33. The van der Waals surface area contributed by atoms with Crippen molar-refractivity contribution in [1.29, 1.82) is 5.26 Å². The standard InChI is InChI=1S/C13H8BrN3S2/c14-9-4-5-19-11(9)7-17-10-3-1-2-8(6-15)12(10)16-13(17)18/h1-5H,7H2,(H,16,18). The number of aromatic nitrogens is 2. The molecule has 0 aliphatic carbocycles. The van der Waals surface area contributed by atoms with Crippen molar-refractivity contribution in [3.05, 3.63) is 49.3 Å². The first kappa shape index (κ1) is 12.6. The van der Waals surface area contributed by atoms with Crippen molar-refractivity contribution in [1.82, 2.24) is 9.55 Å². The Morgan fingerprint density at radius 3 is 2.95 bits per heavy atom. The SMILES string of the molecule is N#Cc1cccc2c1[nH]c(=S)n2Cc1sccc1Br. The van der Waals surface area contributed by atoms with Crippen molar-refractivity contribution in [2.24, 2.45) is 0 Å². The topological polar surface area (TPSA) is 44.5 Å². The molecular formula is C13H8BrN3S2. The van der Waals surface area contributed by atoms with Crippen LogP contribution in [0.25, 0.3) is 11.0 Å². The monoisotopic (exact) mass is 349 g/mol. The van der Waals surface area contributed by atoms with Crippen molar-refractivity contribution in [3.8, 4) is 6.07 Å². The molecule has 19 heavy (non-hydrogen) atoms. The van der Waals surface area contributed by atoms with Gasteiger partial charge >= 0.3 is 0 Å².